The number of pyridine rings is 1. The molecule has 0 radical (unpaired) electrons. The van der Waals surface area contributed by atoms with E-state index in [-0.39, 0.29) is 0 Å². The van der Waals surface area contributed by atoms with E-state index in [1.165, 1.54) is 12.8 Å². The average molecular weight is 308 g/mol. The summed E-state index contributed by atoms with van der Waals surface area (Å²) in [5.74, 6) is 9.10. The second-order valence-electron chi connectivity index (χ2n) is 6.17. The van der Waals surface area contributed by atoms with Crippen LogP contribution in [0.1, 0.15) is 31.7 Å². The van der Waals surface area contributed by atoms with Crippen LogP contribution >= 0.6 is 0 Å². The van der Waals surface area contributed by atoms with E-state index < -0.39 is 0 Å². The van der Waals surface area contributed by atoms with Gasteiger partial charge in [-0.2, -0.15) is 0 Å². The highest BCUT2D eigenvalue weighted by Crippen LogP contribution is 2.25. The average Bonchev–Trinajstić information content (AvgIpc) is 2.62. The molecule has 0 aliphatic carbocycles. The van der Waals surface area contributed by atoms with Gasteiger partial charge in [-0.15, -0.1) is 0 Å². The molecule has 1 N–H and O–H groups in total. The van der Waals surface area contributed by atoms with E-state index in [1.807, 2.05) is 30.5 Å². The maximum atomic E-state index is 5.32. The summed E-state index contributed by atoms with van der Waals surface area (Å²) in [6.45, 7) is 4.54. The smallest absolute Gasteiger partial charge is 0.119 e. The number of methoxy groups -OCH3 is 1. The number of fused-ring (bicyclic) bond motifs is 1. The fourth-order valence-corrected chi connectivity index (χ4v) is 3.36. The molecular formula is C20H24N2O. The molecule has 1 fully saturated rings. The molecule has 23 heavy (non-hydrogen) atoms. The fourth-order valence-electron chi connectivity index (χ4n) is 3.36. The summed E-state index contributed by atoms with van der Waals surface area (Å²) in [7, 11) is 1.69. The van der Waals surface area contributed by atoms with Gasteiger partial charge >= 0.3 is 0 Å². The summed E-state index contributed by atoms with van der Waals surface area (Å²) in [4.78, 5) is 4.41. The molecule has 1 aliphatic rings. The molecule has 0 unspecified atom stereocenters. The largest absolute Gasteiger partial charge is 0.497 e. The Kier molecular flexibility index (Phi) is 5.15. The highest BCUT2D eigenvalue weighted by atomic mass is 16.5. The molecule has 0 bridgehead atoms. The quantitative estimate of drug-likeness (QED) is 0.879. The molecule has 1 saturated heterocycles. The van der Waals surface area contributed by atoms with Crippen LogP contribution in [0.2, 0.25) is 0 Å². The first-order valence-corrected chi connectivity index (χ1v) is 8.44. The van der Waals surface area contributed by atoms with E-state index in [9.17, 15) is 0 Å². The third kappa shape index (κ3) is 3.65. The molecule has 0 spiro atoms. The van der Waals surface area contributed by atoms with Gasteiger partial charge in [-0.3, -0.25) is 4.98 Å². The van der Waals surface area contributed by atoms with Crippen LogP contribution in [0, 0.1) is 23.7 Å². The van der Waals surface area contributed by atoms with Crippen LogP contribution in [0.4, 0.5) is 0 Å². The molecule has 2 aromatic rings. The molecule has 1 aliphatic heterocycles. The number of hydrogen-bond donors (Lipinski definition) is 1. The molecule has 2 heterocycles. The SMILES string of the molecule is CC[C@H]1CNCC[C@H]1CC#Cc1ccnc2ccc(OC)cc12. The van der Waals surface area contributed by atoms with Crippen molar-refractivity contribution in [2.45, 2.75) is 26.2 Å². The monoisotopic (exact) mass is 308 g/mol. The van der Waals surface area contributed by atoms with E-state index in [0.29, 0.717) is 0 Å². The molecule has 0 saturated carbocycles. The third-order valence-corrected chi connectivity index (χ3v) is 4.83. The Morgan fingerprint density at radius 1 is 1.30 bits per heavy atom. The molecule has 2 atom stereocenters. The van der Waals surface area contributed by atoms with Crippen molar-refractivity contribution in [3.8, 4) is 17.6 Å². The zero-order valence-electron chi connectivity index (χ0n) is 13.9. The third-order valence-electron chi connectivity index (χ3n) is 4.83. The predicted molar refractivity (Wildman–Crippen MR) is 94.5 cm³/mol. The van der Waals surface area contributed by atoms with Crippen LogP contribution in [-0.4, -0.2) is 25.2 Å². The van der Waals surface area contributed by atoms with E-state index in [2.05, 4.69) is 29.1 Å². The van der Waals surface area contributed by atoms with Crippen LogP contribution in [0.25, 0.3) is 10.9 Å². The van der Waals surface area contributed by atoms with Gasteiger partial charge in [0.25, 0.3) is 0 Å². The second kappa shape index (κ2) is 7.48. The summed E-state index contributed by atoms with van der Waals surface area (Å²) in [6.07, 6.45) is 5.28. The number of hydrogen-bond acceptors (Lipinski definition) is 3. The Morgan fingerprint density at radius 3 is 3.04 bits per heavy atom. The number of piperidine rings is 1. The van der Waals surface area contributed by atoms with Crippen LogP contribution in [0.3, 0.4) is 0 Å². The van der Waals surface area contributed by atoms with E-state index in [0.717, 1.165) is 53.6 Å². The number of nitrogens with zero attached hydrogens (tertiary/aromatic N) is 1. The van der Waals surface area contributed by atoms with Crippen molar-refractivity contribution in [2.75, 3.05) is 20.2 Å². The Morgan fingerprint density at radius 2 is 2.22 bits per heavy atom. The van der Waals surface area contributed by atoms with Gasteiger partial charge in [0.05, 0.1) is 12.6 Å². The number of nitrogens with one attached hydrogen (secondary N) is 1. The van der Waals surface area contributed by atoms with Gasteiger partial charge in [0.1, 0.15) is 5.75 Å². The second-order valence-corrected chi connectivity index (χ2v) is 6.17. The van der Waals surface area contributed by atoms with E-state index in [1.54, 1.807) is 7.11 Å². The topological polar surface area (TPSA) is 34.2 Å². The predicted octanol–water partition coefficient (Wildman–Crippen LogP) is 3.62. The number of benzene rings is 1. The summed E-state index contributed by atoms with van der Waals surface area (Å²) >= 11 is 0. The summed E-state index contributed by atoms with van der Waals surface area (Å²) in [5, 5.41) is 4.56. The van der Waals surface area contributed by atoms with Crippen molar-refractivity contribution in [3.05, 3.63) is 36.0 Å². The lowest BCUT2D eigenvalue weighted by Crippen LogP contribution is -2.36. The molecule has 3 nitrogen and oxygen atoms in total. The lowest BCUT2D eigenvalue weighted by molar-refractivity contribution is 0.252. The first-order chi connectivity index (χ1) is 11.3. The van der Waals surface area contributed by atoms with Gasteiger partial charge in [-0.1, -0.05) is 25.2 Å². The van der Waals surface area contributed by atoms with Gasteiger partial charge in [0.2, 0.25) is 0 Å². The van der Waals surface area contributed by atoms with Crippen molar-refractivity contribution in [3.63, 3.8) is 0 Å². The molecular weight excluding hydrogens is 284 g/mol. The van der Waals surface area contributed by atoms with Crippen LogP contribution < -0.4 is 10.1 Å². The molecule has 3 rings (SSSR count). The van der Waals surface area contributed by atoms with E-state index >= 15 is 0 Å². The molecule has 3 heteroatoms. The Hall–Kier alpha value is -2.05. The lowest BCUT2D eigenvalue weighted by Gasteiger charge is -2.30. The molecule has 0 amide bonds. The lowest BCUT2D eigenvalue weighted by atomic mass is 9.82. The van der Waals surface area contributed by atoms with Crippen LogP contribution in [0.5, 0.6) is 5.75 Å². The first kappa shape index (κ1) is 15.8. The Balaban J connectivity index is 1.81. The minimum absolute atomic E-state index is 0.719. The van der Waals surface area contributed by atoms with Crippen LogP contribution in [-0.2, 0) is 0 Å². The highest BCUT2D eigenvalue weighted by Gasteiger charge is 2.22. The van der Waals surface area contributed by atoms with Crippen molar-refractivity contribution in [2.24, 2.45) is 11.8 Å². The van der Waals surface area contributed by atoms with Gasteiger partial charge in [0.15, 0.2) is 0 Å². The van der Waals surface area contributed by atoms with Gasteiger partial charge in [-0.25, -0.2) is 0 Å². The molecule has 120 valence electrons. The highest BCUT2D eigenvalue weighted by molar-refractivity contribution is 5.86. The minimum atomic E-state index is 0.719. The summed E-state index contributed by atoms with van der Waals surface area (Å²) in [5.41, 5.74) is 2.00. The minimum Gasteiger partial charge on any atom is -0.497 e. The summed E-state index contributed by atoms with van der Waals surface area (Å²) < 4.78 is 5.32. The van der Waals surface area contributed by atoms with Gasteiger partial charge in [0, 0.05) is 23.6 Å². The van der Waals surface area contributed by atoms with Crippen LogP contribution in [0.15, 0.2) is 30.5 Å². The zero-order valence-corrected chi connectivity index (χ0v) is 13.9. The fraction of sp³-hybridized carbons (Fsp3) is 0.450. The molecule has 1 aromatic carbocycles. The maximum absolute atomic E-state index is 5.32. The summed E-state index contributed by atoms with van der Waals surface area (Å²) in [6, 6.07) is 7.94. The van der Waals surface area contributed by atoms with Crippen molar-refractivity contribution in [1.29, 1.82) is 0 Å². The van der Waals surface area contributed by atoms with Gasteiger partial charge < -0.3 is 10.1 Å². The van der Waals surface area contributed by atoms with Gasteiger partial charge in [-0.05, 0) is 55.6 Å². The number of aromatic nitrogens is 1. The van der Waals surface area contributed by atoms with Crippen molar-refractivity contribution in [1.82, 2.24) is 10.3 Å². The Bertz CT molecular complexity index is 729. The number of ether oxygens (including phenoxy) is 1. The maximum Gasteiger partial charge on any atom is 0.119 e. The standard InChI is InChI=1S/C20H24N2O/c1-3-15-14-21-11-9-16(15)5-4-6-17-10-12-22-20-8-7-18(23-2)13-19(17)20/h7-8,10,12-13,15-16,21H,3,5,9,11,14H2,1-2H3/t15-,16+/m0/s1. The first-order valence-electron chi connectivity index (χ1n) is 8.44. The van der Waals surface area contributed by atoms with E-state index in [4.69, 9.17) is 4.74 Å². The Labute approximate surface area is 138 Å². The van der Waals surface area contributed by atoms with Crippen molar-refractivity contribution >= 4 is 10.9 Å². The van der Waals surface area contributed by atoms with Crippen molar-refractivity contribution < 1.29 is 4.74 Å². The molecule has 1 aromatic heterocycles. The normalized spacial score (nSPS) is 20.8. The number of rotatable bonds is 3. The zero-order chi connectivity index (χ0) is 16.1.